The fraction of sp³-hybridized carbons (Fsp3) is 0.308. The van der Waals surface area contributed by atoms with Gasteiger partial charge in [-0.1, -0.05) is 0 Å². The Labute approximate surface area is 123 Å². The number of halogens is 3. The first-order valence-corrected chi connectivity index (χ1v) is 6.97. The van der Waals surface area contributed by atoms with Gasteiger partial charge in [-0.2, -0.15) is 8.78 Å². The highest BCUT2D eigenvalue weighted by molar-refractivity contribution is 7.09. The first-order chi connectivity index (χ1) is 9.86. The fourth-order valence-corrected chi connectivity index (χ4v) is 2.55. The van der Waals surface area contributed by atoms with Gasteiger partial charge in [0, 0.05) is 23.2 Å². The lowest BCUT2D eigenvalue weighted by atomic mass is 10.2. The van der Waals surface area contributed by atoms with Crippen molar-refractivity contribution in [1.82, 2.24) is 4.98 Å². The van der Waals surface area contributed by atoms with Gasteiger partial charge >= 0.3 is 6.61 Å². The number of thiazole rings is 1. The van der Waals surface area contributed by atoms with Crippen molar-refractivity contribution in [2.75, 3.05) is 11.1 Å². The second kappa shape index (κ2) is 6.21. The monoisotopic (exact) mass is 317 g/mol. The van der Waals surface area contributed by atoms with Crippen molar-refractivity contribution < 1.29 is 17.9 Å². The number of aromatic nitrogens is 1. The minimum Gasteiger partial charge on any atom is -0.432 e. The van der Waals surface area contributed by atoms with Crippen LogP contribution in [0, 0.1) is 12.7 Å². The van der Waals surface area contributed by atoms with E-state index in [1.165, 1.54) is 11.3 Å². The van der Waals surface area contributed by atoms with Gasteiger partial charge in [-0.3, -0.25) is 0 Å². The van der Waals surface area contributed by atoms with Crippen molar-refractivity contribution in [3.8, 4) is 5.75 Å². The highest BCUT2D eigenvalue weighted by Crippen LogP contribution is 2.32. The minimum atomic E-state index is -3.10. The quantitative estimate of drug-likeness (QED) is 0.820. The average molecular weight is 317 g/mol. The van der Waals surface area contributed by atoms with Crippen LogP contribution in [0.5, 0.6) is 5.75 Å². The third kappa shape index (κ3) is 3.78. The van der Waals surface area contributed by atoms with Crippen LogP contribution in [-0.2, 0) is 0 Å². The van der Waals surface area contributed by atoms with Gasteiger partial charge in [0.25, 0.3) is 0 Å². The first-order valence-electron chi connectivity index (χ1n) is 6.09. The summed E-state index contributed by atoms with van der Waals surface area (Å²) in [6, 6.07) is 1.86. The SMILES string of the molecule is Cc1csc(C(C)Nc2cc(OC(F)F)c(F)cc2N)n1. The summed E-state index contributed by atoms with van der Waals surface area (Å²) in [5.74, 6) is -1.49. The Hall–Kier alpha value is -1.96. The predicted octanol–water partition coefficient (Wildman–Crippen LogP) is 3.95. The molecule has 0 radical (unpaired) electrons. The van der Waals surface area contributed by atoms with Gasteiger partial charge in [-0.15, -0.1) is 11.3 Å². The zero-order chi connectivity index (χ0) is 15.6. The summed E-state index contributed by atoms with van der Waals surface area (Å²) in [4.78, 5) is 4.31. The number of ether oxygens (including phenoxy) is 1. The molecule has 1 aromatic heterocycles. The van der Waals surface area contributed by atoms with E-state index < -0.39 is 18.2 Å². The standard InChI is InChI=1S/C13H14F3N3OS/c1-6-5-21-12(18-6)7(2)19-10-4-11(20-13(15)16)8(14)3-9(10)17/h3-5,7,13,19H,17H2,1-2H3. The van der Waals surface area contributed by atoms with Crippen molar-refractivity contribution >= 4 is 22.7 Å². The number of nitrogens with two attached hydrogens (primary N) is 1. The second-order valence-corrected chi connectivity index (χ2v) is 5.33. The lowest BCUT2D eigenvalue weighted by Gasteiger charge is -2.16. The number of hydrogen-bond donors (Lipinski definition) is 2. The largest absolute Gasteiger partial charge is 0.432 e. The van der Waals surface area contributed by atoms with Crippen LogP contribution in [0.15, 0.2) is 17.5 Å². The van der Waals surface area contributed by atoms with Crippen molar-refractivity contribution in [1.29, 1.82) is 0 Å². The highest BCUT2D eigenvalue weighted by atomic mass is 32.1. The lowest BCUT2D eigenvalue weighted by Crippen LogP contribution is -2.10. The third-order valence-electron chi connectivity index (χ3n) is 2.70. The Morgan fingerprint density at radius 3 is 2.67 bits per heavy atom. The van der Waals surface area contributed by atoms with Gasteiger partial charge in [0.2, 0.25) is 0 Å². The Morgan fingerprint density at radius 2 is 2.10 bits per heavy atom. The smallest absolute Gasteiger partial charge is 0.387 e. The molecule has 2 aromatic rings. The highest BCUT2D eigenvalue weighted by Gasteiger charge is 2.16. The zero-order valence-corrected chi connectivity index (χ0v) is 12.2. The molecule has 21 heavy (non-hydrogen) atoms. The second-order valence-electron chi connectivity index (χ2n) is 4.44. The molecule has 114 valence electrons. The summed E-state index contributed by atoms with van der Waals surface area (Å²) >= 11 is 1.46. The molecule has 0 spiro atoms. The van der Waals surface area contributed by atoms with E-state index in [0.29, 0.717) is 5.69 Å². The van der Waals surface area contributed by atoms with Crippen molar-refractivity contribution in [3.63, 3.8) is 0 Å². The van der Waals surface area contributed by atoms with Gasteiger partial charge in [0.05, 0.1) is 17.4 Å². The molecule has 0 aliphatic heterocycles. The molecule has 1 atom stereocenters. The summed E-state index contributed by atoms with van der Waals surface area (Å²) in [6.45, 7) is 0.609. The van der Waals surface area contributed by atoms with Crippen LogP contribution in [0.25, 0.3) is 0 Å². The normalized spacial score (nSPS) is 12.5. The van der Waals surface area contributed by atoms with Crippen LogP contribution in [0.4, 0.5) is 24.5 Å². The Kier molecular flexibility index (Phi) is 4.56. The van der Waals surface area contributed by atoms with Crippen LogP contribution in [-0.4, -0.2) is 11.6 Å². The van der Waals surface area contributed by atoms with E-state index in [-0.39, 0.29) is 11.7 Å². The fourth-order valence-electron chi connectivity index (χ4n) is 1.75. The summed E-state index contributed by atoms with van der Waals surface area (Å²) in [7, 11) is 0. The maximum atomic E-state index is 13.5. The van der Waals surface area contributed by atoms with Gasteiger partial charge < -0.3 is 15.8 Å². The number of aryl methyl sites for hydroxylation is 1. The molecule has 0 aliphatic rings. The number of benzene rings is 1. The molecule has 4 nitrogen and oxygen atoms in total. The molecule has 0 bridgehead atoms. The summed E-state index contributed by atoms with van der Waals surface area (Å²) < 4.78 is 42.0. The molecule has 1 unspecified atom stereocenters. The van der Waals surface area contributed by atoms with E-state index in [2.05, 4.69) is 15.0 Å². The van der Waals surface area contributed by atoms with E-state index in [1.807, 2.05) is 19.2 Å². The molecule has 0 saturated carbocycles. The summed E-state index contributed by atoms with van der Waals surface area (Å²) in [6.07, 6.45) is 0. The molecular weight excluding hydrogens is 303 g/mol. The van der Waals surface area contributed by atoms with Gasteiger partial charge in [0.1, 0.15) is 5.01 Å². The van der Waals surface area contributed by atoms with Crippen LogP contribution in [0.3, 0.4) is 0 Å². The van der Waals surface area contributed by atoms with E-state index in [9.17, 15) is 13.2 Å². The number of nitrogen functional groups attached to an aromatic ring is 1. The number of anilines is 2. The molecule has 1 aromatic carbocycles. The van der Waals surface area contributed by atoms with Gasteiger partial charge in [-0.05, 0) is 13.8 Å². The average Bonchev–Trinajstić information content (AvgIpc) is 2.81. The van der Waals surface area contributed by atoms with Crippen LogP contribution in [0.2, 0.25) is 0 Å². The van der Waals surface area contributed by atoms with Gasteiger partial charge in [0.15, 0.2) is 11.6 Å². The number of hydrogen-bond acceptors (Lipinski definition) is 5. The maximum absolute atomic E-state index is 13.5. The number of nitrogens with one attached hydrogen (secondary N) is 1. The Balaban J connectivity index is 2.22. The van der Waals surface area contributed by atoms with E-state index in [1.54, 1.807) is 0 Å². The number of rotatable bonds is 5. The van der Waals surface area contributed by atoms with Gasteiger partial charge in [-0.25, -0.2) is 9.37 Å². The minimum absolute atomic E-state index is 0.106. The first kappa shape index (κ1) is 15.4. The molecule has 1 heterocycles. The number of nitrogens with zero attached hydrogens (tertiary/aromatic N) is 1. The van der Waals surface area contributed by atoms with Crippen LogP contribution >= 0.6 is 11.3 Å². The molecular formula is C13H14F3N3OS. The summed E-state index contributed by atoms with van der Waals surface area (Å²) in [5.41, 5.74) is 6.99. The van der Waals surface area contributed by atoms with Crippen molar-refractivity contribution in [2.24, 2.45) is 0 Å². The molecule has 2 rings (SSSR count). The molecule has 0 fully saturated rings. The lowest BCUT2D eigenvalue weighted by molar-refractivity contribution is -0.0521. The van der Waals surface area contributed by atoms with E-state index >= 15 is 0 Å². The Morgan fingerprint density at radius 1 is 1.38 bits per heavy atom. The van der Waals surface area contributed by atoms with Crippen molar-refractivity contribution in [2.45, 2.75) is 26.5 Å². The van der Waals surface area contributed by atoms with Crippen LogP contribution in [0.1, 0.15) is 23.7 Å². The molecule has 0 saturated heterocycles. The molecule has 3 N–H and O–H groups in total. The third-order valence-corrected chi connectivity index (χ3v) is 3.84. The van der Waals surface area contributed by atoms with Crippen LogP contribution < -0.4 is 15.8 Å². The maximum Gasteiger partial charge on any atom is 0.387 e. The van der Waals surface area contributed by atoms with E-state index in [0.717, 1.165) is 22.8 Å². The zero-order valence-electron chi connectivity index (χ0n) is 11.4. The number of alkyl halides is 2. The summed E-state index contributed by atoms with van der Waals surface area (Å²) in [5, 5.41) is 5.72. The van der Waals surface area contributed by atoms with E-state index in [4.69, 9.17) is 5.73 Å². The Bertz CT molecular complexity index is 633. The predicted molar refractivity (Wildman–Crippen MR) is 76.3 cm³/mol. The molecule has 0 aliphatic carbocycles. The topological polar surface area (TPSA) is 60.2 Å². The van der Waals surface area contributed by atoms with Crippen molar-refractivity contribution in [3.05, 3.63) is 34.0 Å². The molecule has 0 amide bonds. The molecule has 8 heteroatoms.